The second kappa shape index (κ2) is 7.57. The largest absolute Gasteiger partial charge is 0.481 e. The quantitative estimate of drug-likeness (QED) is 0.754. The molecule has 2 aromatic rings. The van der Waals surface area contributed by atoms with Crippen molar-refractivity contribution in [2.24, 2.45) is 5.92 Å². The number of aryl methyl sites for hydroxylation is 1. The van der Waals surface area contributed by atoms with E-state index < -0.39 is 23.6 Å². The molecule has 0 unspecified atom stereocenters. The zero-order valence-corrected chi connectivity index (χ0v) is 14.7. The fourth-order valence-corrected chi connectivity index (χ4v) is 2.94. The van der Waals surface area contributed by atoms with Crippen molar-refractivity contribution in [2.75, 3.05) is 5.32 Å². The van der Waals surface area contributed by atoms with Crippen LogP contribution >= 0.6 is 0 Å². The summed E-state index contributed by atoms with van der Waals surface area (Å²) in [6.07, 6.45) is 0.813. The Morgan fingerprint density at radius 2 is 1.78 bits per heavy atom. The van der Waals surface area contributed by atoms with Gasteiger partial charge in [-0.2, -0.15) is 0 Å². The second-order valence-corrected chi connectivity index (χ2v) is 6.64. The van der Waals surface area contributed by atoms with Gasteiger partial charge in [-0.3, -0.25) is 14.4 Å². The summed E-state index contributed by atoms with van der Waals surface area (Å²) >= 11 is 0. The summed E-state index contributed by atoms with van der Waals surface area (Å²) in [7, 11) is 0. The van der Waals surface area contributed by atoms with Gasteiger partial charge in [0.2, 0.25) is 0 Å². The molecule has 0 saturated heterocycles. The summed E-state index contributed by atoms with van der Waals surface area (Å²) in [6, 6.07) is 10.3. The summed E-state index contributed by atoms with van der Waals surface area (Å²) in [5.41, 5.74) is 1.39. The van der Waals surface area contributed by atoms with Crippen molar-refractivity contribution in [1.82, 2.24) is 5.32 Å². The lowest BCUT2D eigenvalue weighted by Crippen LogP contribution is -2.46. The smallest absolute Gasteiger partial charge is 0.306 e. The number of carboxylic acids is 1. The molecule has 140 valence electrons. The number of hydrogen-bond acceptors (Lipinski definition) is 3. The van der Waals surface area contributed by atoms with Crippen molar-refractivity contribution in [2.45, 2.75) is 25.8 Å². The third-order valence-corrected chi connectivity index (χ3v) is 4.69. The maximum absolute atomic E-state index is 13.8. The summed E-state index contributed by atoms with van der Waals surface area (Å²) in [5, 5.41) is 14.3. The molecule has 7 heteroatoms. The number of carbonyl (C=O) groups is 3. The molecule has 3 N–H and O–H groups in total. The highest BCUT2D eigenvalue weighted by Gasteiger charge is 2.35. The van der Waals surface area contributed by atoms with Crippen molar-refractivity contribution >= 4 is 23.5 Å². The fraction of sp³-hybridized carbons (Fsp3) is 0.250. The Morgan fingerprint density at radius 3 is 2.44 bits per heavy atom. The van der Waals surface area contributed by atoms with E-state index in [1.54, 1.807) is 25.1 Å². The van der Waals surface area contributed by atoms with E-state index in [4.69, 9.17) is 5.11 Å². The van der Waals surface area contributed by atoms with Crippen LogP contribution in [0.5, 0.6) is 0 Å². The molecule has 0 spiro atoms. The van der Waals surface area contributed by atoms with Crippen LogP contribution in [0.4, 0.5) is 10.1 Å². The van der Waals surface area contributed by atoms with Crippen LogP contribution in [0.25, 0.3) is 0 Å². The van der Waals surface area contributed by atoms with Gasteiger partial charge < -0.3 is 15.7 Å². The van der Waals surface area contributed by atoms with Gasteiger partial charge in [-0.1, -0.05) is 18.2 Å². The molecule has 1 fully saturated rings. The van der Waals surface area contributed by atoms with Crippen LogP contribution in [0.15, 0.2) is 42.5 Å². The van der Waals surface area contributed by atoms with Crippen molar-refractivity contribution in [3.63, 3.8) is 0 Å². The van der Waals surface area contributed by atoms with Gasteiger partial charge in [-0.15, -0.1) is 0 Å². The standard InChI is InChI=1S/C20H19FN2O4/c1-11-6-7-12(18(24)22-14-8-13(9-14)20(26)27)10-17(11)23-19(25)15-4-2-3-5-16(15)21/h2-7,10,13-14H,8-9H2,1H3,(H,22,24)(H,23,25)(H,26,27). The molecule has 27 heavy (non-hydrogen) atoms. The monoisotopic (exact) mass is 370 g/mol. The fourth-order valence-electron chi connectivity index (χ4n) is 2.94. The van der Waals surface area contributed by atoms with Crippen molar-refractivity contribution in [3.8, 4) is 0 Å². The van der Waals surface area contributed by atoms with E-state index in [-0.39, 0.29) is 17.5 Å². The molecule has 1 aliphatic rings. The van der Waals surface area contributed by atoms with Crippen LogP contribution < -0.4 is 10.6 Å². The molecule has 0 aliphatic heterocycles. The van der Waals surface area contributed by atoms with Crippen LogP contribution in [0, 0.1) is 18.7 Å². The van der Waals surface area contributed by atoms with Crippen molar-refractivity contribution < 1.29 is 23.9 Å². The lowest BCUT2D eigenvalue weighted by molar-refractivity contribution is -0.145. The third kappa shape index (κ3) is 4.13. The number of anilines is 1. The number of benzene rings is 2. The Balaban J connectivity index is 1.69. The first-order chi connectivity index (χ1) is 12.8. The Hall–Kier alpha value is -3.22. The molecular weight excluding hydrogens is 351 g/mol. The van der Waals surface area contributed by atoms with Crippen LogP contribution in [-0.2, 0) is 4.79 Å². The van der Waals surface area contributed by atoms with E-state index in [2.05, 4.69) is 10.6 Å². The highest BCUT2D eigenvalue weighted by molar-refractivity contribution is 6.05. The molecule has 6 nitrogen and oxygen atoms in total. The molecule has 1 saturated carbocycles. The Bertz CT molecular complexity index is 907. The third-order valence-electron chi connectivity index (χ3n) is 4.69. The Labute approximate surface area is 155 Å². The maximum atomic E-state index is 13.8. The molecule has 2 aromatic carbocycles. The lowest BCUT2D eigenvalue weighted by atomic mass is 9.80. The number of hydrogen-bond donors (Lipinski definition) is 3. The van der Waals surface area contributed by atoms with Gasteiger partial charge in [0.1, 0.15) is 5.82 Å². The molecule has 1 aliphatic carbocycles. The first-order valence-electron chi connectivity index (χ1n) is 8.55. The predicted molar refractivity (Wildman–Crippen MR) is 97.1 cm³/mol. The number of halogens is 1. The summed E-state index contributed by atoms with van der Waals surface area (Å²) in [4.78, 5) is 35.5. The zero-order valence-electron chi connectivity index (χ0n) is 14.7. The summed E-state index contributed by atoms with van der Waals surface area (Å²) in [6.45, 7) is 1.77. The minimum absolute atomic E-state index is 0.0825. The molecule has 2 amide bonds. The van der Waals surface area contributed by atoms with Gasteiger partial charge in [-0.05, 0) is 49.6 Å². The zero-order chi connectivity index (χ0) is 19.6. The number of nitrogens with one attached hydrogen (secondary N) is 2. The van der Waals surface area contributed by atoms with Gasteiger partial charge >= 0.3 is 5.97 Å². The van der Waals surface area contributed by atoms with Crippen molar-refractivity contribution in [3.05, 3.63) is 65.0 Å². The van der Waals surface area contributed by atoms with E-state index in [1.165, 1.54) is 24.3 Å². The summed E-state index contributed by atoms with van der Waals surface area (Å²) < 4.78 is 13.8. The highest BCUT2D eigenvalue weighted by Crippen LogP contribution is 2.28. The molecule has 0 aromatic heterocycles. The van der Waals surface area contributed by atoms with E-state index >= 15 is 0 Å². The minimum atomic E-state index is -0.853. The molecular formula is C20H19FN2O4. The lowest BCUT2D eigenvalue weighted by Gasteiger charge is -2.32. The first-order valence-corrected chi connectivity index (χ1v) is 8.55. The summed E-state index contributed by atoms with van der Waals surface area (Å²) in [5.74, 6) is -2.83. The number of carboxylic acid groups (broad SMARTS) is 1. The van der Waals surface area contributed by atoms with Gasteiger partial charge in [0.05, 0.1) is 11.5 Å². The SMILES string of the molecule is Cc1ccc(C(=O)NC2CC(C(=O)O)C2)cc1NC(=O)c1ccccc1F. The van der Waals surface area contributed by atoms with Gasteiger partial charge in [0.15, 0.2) is 0 Å². The molecule has 0 bridgehead atoms. The first kappa shape index (κ1) is 18.6. The van der Waals surface area contributed by atoms with Crippen molar-refractivity contribution in [1.29, 1.82) is 0 Å². The number of carbonyl (C=O) groups excluding carboxylic acids is 2. The normalized spacial score (nSPS) is 18.3. The number of amides is 2. The maximum Gasteiger partial charge on any atom is 0.306 e. The highest BCUT2D eigenvalue weighted by atomic mass is 19.1. The minimum Gasteiger partial charge on any atom is -0.481 e. The second-order valence-electron chi connectivity index (χ2n) is 6.64. The van der Waals surface area contributed by atoms with Crippen LogP contribution in [0.1, 0.15) is 39.1 Å². The van der Waals surface area contributed by atoms with Gasteiger partial charge in [0.25, 0.3) is 11.8 Å². The molecule has 0 radical (unpaired) electrons. The average molecular weight is 370 g/mol. The van der Waals surface area contributed by atoms with Gasteiger partial charge in [0, 0.05) is 17.3 Å². The average Bonchev–Trinajstić information content (AvgIpc) is 2.59. The number of rotatable bonds is 5. The molecule has 0 atom stereocenters. The predicted octanol–water partition coefficient (Wildman–Crippen LogP) is 2.98. The molecule has 3 rings (SSSR count). The topological polar surface area (TPSA) is 95.5 Å². The van der Waals surface area contributed by atoms with Crippen LogP contribution in [0.2, 0.25) is 0 Å². The number of aliphatic carboxylic acids is 1. The van der Waals surface area contributed by atoms with E-state index in [0.29, 0.717) is 24.1 Å². The van der Waals surface area contributed by atoms with Crippen LogP contribution in [-0.4, -0.2) is 28.9 Å². The van der Waals surface area contributed by atoms with Gasteiger partial charge in [-0.25, -0.2) is 4.39 Å². The Morgan fingerprint density at radius 1 is 1.07 bits per heavy atom. The van der Waals surface area contributed by atoms with E-state index in [9.17, 15) is 18.8 Å². The van der Waals surface area contributed by atoms with E-state index in [0.717, 1.165) is 5.56 Å². The Kier molecular flexibility index (Phi) is 5.21. The van der Waals surface area contributed by atoms with Crippen LogP contribution in [0.3, 0.4) is 0 Å². The molecule has 0 heterocycles. The van der Waals surface area contributed by atoms with E-state index in [1.807, 2.05) is 0 Å².